The number of nitrogens with zero attached hydrogens (tertiary/aromatic N) is 4. The van der Waals surface area contributed by atoms with Gasteiger partial charge in [-0.1, -0.05) is 5.11 Å². The quantitative estimate of drug-likeness (QED) is 0.328. The molecule has 1 aromatic rings. The van der Waals surface area contributed by atoms with E-state index in [1.54, 1.807) is 6.92 Å². The highest BCUT2D eigenvalue weighted by atomic mass is 16.5. The first-order chi connectivity index (χ1) is 10.1. The van der Waals surface area contributed by atoms with Gasteiger partial charge in [0.15, 0.2) is 0 Å². The van der Waals surface area contributed by atoms with E-state index >= 15 is 0 Å². The van der Waals surface area contributed by atoms with Crippen LogP contribution >= 0.6 is 0 Å². The van der Waals surface area contributed by atoms with Crippen molar-refractivity contribution in [2.75, 3.05) is 6.54 Å². The van der Waals surface area contributed by atoms with Crippen molar-refractivity contribution in [3.8, 4) is 0 Å². The summed E-state index contributed by atoms with van der Waals surface area (Å²) in [5.41, 5.74) is 7.87. The summed E-state index contributed by atoms with van der Waals surface area (Å²) in [6.45, 7) is 1.74. The van der Waals surface area contributed by atoms with Gasteiger partial charge in [0.1, 0.15) is 6.23 Å². The van der Waals surface area contributed by atoms with Crippen molar-refractivity contribution in [1.82, 2.24) is 14.9 Å². The Morgan fingerprint density at radius 2 is 2.43 bits per heavy atom. The average Bonchev–Trinajstić information content (AvgIpc) is 2.84. The summed E-state index contributed by atoms with van der Waals surface area (Å²) in [5, 5.41) is 6.07. The standard InChI is InChI=1S/C11H14N6O4/c1-6-4-17(11(20)14-10(6)19)9-2-7(15-16-12)8(21-9)3-13-5-18/h4-5,7-9H,2-3H2,1H3,(H,13,18)(H,14,19,20)/t7-,8+,9+/m0/s1. The van der Waals surface area contributed by atoms with Crippen molar-refractivity contribution in [3.63, 3.8) is 0 Å². The Bertz CT molecular complexity index is 689. The van der Waals surface area contributed by atoms with Crippen LogP contribution in [0.1, 0.15) is 18.2 Å². The third kappa shape index (κ3) is 3.12. The number of ether oxygens (including phenoxy) is 1. The molecule has 0 saturated carbocycles. The molecule has 2 N–H and O–H groups in total. The summed E-state index contributed by atoms with van der Waals surface area (Å²) in [4.78, 5) is 38.4. The zero-order valence-corrected chi connectivity index (χ0v) is 11.2. The lowest BCUT2D eigenvalue weighted by Crippen LogP contribution is -2.34. The fourth-order valence-corrected chi connectivity index (χ4v) is 2.22. The van der Waals surface area contributed by atoms with Crippen LogP contribution in [0.4, 0.5) is 0 Å². The van der Waals surface area contributed by atoms with Crippen LogP contribution in [0.15, 0.2) is 20.9 Å². The molecule has 1 amide bonds. The van der Waals surface area contributed by atoms with Crippen LogP contribution in [0.3, 0.4) is 0 Å². The molecule has 3 atom stereocenters. The fraction of sp³-hybridized carbons (Fsp3) is 0.545. The number of aromatic amines is 1. The zero-order valence-electron chi connectivity index (χ0n) is 11.2. The lowest BCUT2D eigenvalue weighted by molar-refractivity contribution is -0.110. The van der Waals surface area contributed by atoms with E-state index in [1.165, 1.54) is 10.8 Å². The van der Waals surface area contributed by atoms with E-state index in [4.69, 9.17) is 10.3 Å². The number of hydrogen-bond acceptors (Lipinski definition) is 5. The maximum atomic E-state index is 11.8. The van der Waals surface area contributed by atoms with Gasteiger partial charge in [-0.3, -0.25) is 19.1 Å². The Morgan fingerprint density at radius 3 is 3.10 bits per heavy atom. The van der Waals surface area contributed by atoms with E-state index in [-0.39, 0.29) is 13.0 Å². The van der Waals surface area contributed by atoms with Crippen molar-refractivity contribution in [1.29, 1.82) is 0 Å². The van der Waals surface area contributed by atoms with Crippen molar-refractivity contribution in [3.05, 3.63) is 43.0 Å². The minimum atomic E-state index is -0.665. The van der Waals surface area contributed by atoms with Crippen LogP contribution in [0.2, 0.25) is 0 Å². The van der Waals surface area contributed by atoms with Gasteiger partial charge in [0.2, 0.25) is 6.41 Å². The smallest absolute Gasteiger partial charge is 0.330 e. The maximum absolute atomic E-state index is 11.8. The Labute approximate surface area is 118 Å². The highest BCUT2D eigenvalue weighted by Gasteiger charge is 2.36. The van der Waals surface area contributed by atoms with Gasteiger partial charge in [-0.05, 0) is 12.5 Å². The summed E-state index contributed by atoms with van der Waals surface area (Å²) >= 11 is 0. The van der Waals surface area contributed by atoms with E-state index in [0.717, 1.165) is 0 Å². The van der Waals surface area contributed by atoms with Gasteiger partial charge < -0.3 is 10.1 Å². The molecule has 0 aromatic carbocycles. The molecule has 1 aliphatic heterocycles. The van der Waals surface area contributed by atoms with Crippen molar-refractivity contribution < 1.29 is 9.53 Å². The van der Waals surface area contributed by atoms with Crippen molar-refractivity contribution in [2.45, 2.75) is 31.7 Å². The number of H-pyrrole nitrogens is 1. The summed E-state index contributed by atoms with van der Waals surface area (Å²) < 4.78 is 6.89. The van der Waals surface area contributed by atoms with E-state index in [0.29, 0.717) is 12.0 Å². The van der Waals surface area contributed by atoms with Gasteiger partial charge >= 0.3 is 5.69 Å². The third-order valence-corrected chi connectivity index (χ3v) is 3.26. The fourth-order valence-electron chi connectivity index (χ4n) is 2.22. The second kappa shape index (κ2) is 6.25. The molecule has 2 heterocycles. The number of hydrogen-bond donors (Lipinski definition) is 2. The maximum Gasteiger partial charge on any atom is 0.330 e. The van der Waals surface area contributed by atoms with Crippen LogP contribution < -0.4 is 16.6 Å². The lowest BCUT2D eigenvalue weighted by Gasteiger charge is -2.16. The molecule has 0 unspecified atom stereocenters. The highest BCUT2D eigenvalue weighted by Crippen LogP contribution is 2.29. The minimum Gasteiger partial charge on any atom is -0.356 e. The molecule has 1 saturated heterocycles. The van der Waals surface area contributed by atoms with E-state index in [1.807, 2.05) is 0 Å². The van der Waals surface area contributed by atoms with Crippen LogP contribution in [0.25, 0.3) is 10.4 Å². The van der Waals surface area contributed by atoms with E-state index in [2.05, 4.69) is 20.3 Å². The highest BCUT2D eigenvalue weighted by molar-refractivity contribution is 5.45. The largest absolute Gasteiger partial charge is 0.356 e. The molecule has 2 rings (SSSR count). The van der Waals surface area contributed by atoms with Crippen molar-refractivity contribution in [2.24, 2.45) is 5.11 Å². The van der Waals surface area contributed by atoms with Crippen LogP contribution in [0, 0.1) is 6.92 Å². The molecule has 10 nitrogen and oxygen atoms in total. The summed E-state index contributed by atoms with van der Waals surface area (Å²) in [7, 11) is 0. The summed E-state index contributed by atoms with van der Waals surface area (Å²) in [6, 6.07) is -0.508. The molecule has 1 fully saturated rings. The molecule has 112 valence electrons. The Kier molecular flexibility index (Phi) is 4.41. The first-order valence-electron chi connectivity index (χ1n) is 6.25. The first kappa shape index (κ1) is 14.8. The Morgan fingerprint density at radius 1 is 1.67 bits per heavy atom. The number of amides is 1. The van der Waals surface area contributed by atoms with Gasteiger partial charge in [-0.25, -0.2) is 4.79 Å². The molecular formula is C11H14N6O4. The molecule has 21 heavy (non-hydrogen) atoms. The van der Waals surface area contributed by atoms with Gasteiger partial charge in [0, 0.05) is 29.6 Å². The number of rotatable bonds is 5. The van der Waals surface area contributed by atoms with Crippen LogP contribution in [0.5, 0.6) is 0 Å². The number of nitrogens with one attached hydrogen (secondary N) is 2. The third-order valence-electron chi connectivity index (χ3n) is 3.26. The second-order valence-corrected chi connectivity index (χ2v) is 4.64. The number of carbonyl (C=O) groups excluding carboxylic acids is 1. The number of aryl methyl sites for hydroxylation is 1. The molecular weight excluding hydrogens is 280 g/mol. The van der Waals surface area contributed by atoms with E-state index < -0.39 is 29.6 Å². The lowest BCUT2D eigenvalue weighted by atomic mass is 10.1. The van der Waals surface area contributed by atoms with Crippen molar-refractivity contribution >= 4 is 6.41 Å². The normalized spacial score (nSPS) is 24.3. The van der Waals surface area contributed by atoms with Gasteiger partial charge in [0.25, 0.3) is 5.56 Å². The van der Waals surface area contributed by atoms with E-state index in [9.17, 15) is 14.4 Å². The first-order valence-corrected chi connectivity index (χ1v) is 6.25. The topological polar surface area (TPSA) is 142 Å². The minimum absolute atomic E-state index is 0.167. The van der Waals surface area contributed by atoms with Gasteiger partial charge in [-0.15, -0.1) is 0 Å². The predicted molar refractivity (Wildman–Crippen MR) is 71.6 cm³/mol. The molecule has 10 heteroatoms. The SMILES string of the molecule is Cc1cn([C@H]2C[C@H](N=[N+]=[N-])[C@@H](CNC=O)O2)c(=O)[nH]c1=O. The van der Waals surface area contributed by atoms with Crippen LogP contribution in [-0.4, -0.2) is 34.7 Å². The molecule has 1 aromatic heterocycles. The summed E-state index contributed by atoms with van der Waals surface area (Å²) in [6.07, 6.45) is 0.993. The monoisotopic (exact) mass is 294 g/mol. The number of carbonyl (C=O) groups is 1. The molecule has 0 spiro atoms. The molecule has 0 bridgehead atoms. The molecule has 1 aliphatic rings. The van der Waals surface area contributed by atoms with Crippen LogP contribution in [-0.2, 0) is 9.53 Å². The molecule has 0 radical (unpaired) electrons. The summed E-state index contributed by atoms with van der Waals surface area (Å²) in [5.74, 6) is 0. The zero-order chi connectivity index (χ0) is 15.4. The Balaban J connectivity index is 2.28. The average molecular weight is 294 g/mol. The Hall–Kier alpha value is -2.58. The van der Waals surface area contributed by atoms with Gasteiger partial charge in [0.05, 0.1) is 12.1 Å². The number of aromatic nitrogens is 2. The predicted octanol–water partition coefficient (Wildman–Crippen LogP) is -0.443. The second-order valence-electron chi connectivity index (χ2n) is 4.64. The van der Waals surface area contributed by atoms with Gasteiger partial charge in [-0.2, -0.15) is 0 Å². The molecule has 0 aliphatic carbocycles. The number of azide groups is 1.